The Balaban J connectivity index is 1.77. The van der Waals surface area contributed by atoms with Gasteiger partial charge in [0.1, 0.15) is 5.69 Å². The number of aryl methyl sites for hydroxylation is 3. The Labute approximate surface area is 161 Å². The number of aromatic nitrogens is 3. The van der Waals surface area contributed by atoms with Crippen LogP contribution < -0.4 is 10.9 Å². The van der Waals surface area contributed by atoms with Crippen LogP contribution in [0.2, 0.25) is 0 Å². The van der Waals surface area contributed by atoms with Crippen LogP contribution in [0.4, 0.5) is 5.13 Å². The van der Waals surface area contributed by atoms with Crippen LogP contribution in [0.3, 0.4) is 0 Å². The van der Waals surface area contributed by atoms with E-state index in [1.165, 1.54) is 33.7 Å². The Hall–Kier alpha value is -2.80. The topological polar surface area (TPSA) is 76.9 Å². The summed E-state index contributed by atoms with van der Waals surface area (Å²) in [4.78, 5) is 28.8. The van der Waals surface area contributed by atoms with Crippen LogP contribution in [0.5, 0.6) is 0 Å². The number of thiazole rings is 1. The molecule has 0 bridgehead atoms. The smallest absolute Gasteiger partial charge is 0.277 e. The molecule has 1 amide bonds. The molecule has 0 unspecified atom stereocenters. The minimum Gasteiger partial charge on any atom is -0.296 e. The predicted molar refractivity (Wildman–Crippen MR) is 108 cm³/mol. The minimum absolute atomic E-state index is 0.202. The Morgan fingerprint density at radius 2 is 2.04 bits per heavy atom. The lowest BCUT2D eigenvalue weighted by Gasteiger charge is -2.06. The van der Waals surface area contributed by atoms with Crippen molar-refractivity contribution in [2.24, 2.45) is 0 Å². The van der Waals surface area contributed by atoms with E-state index < -0.39 is 0 Å². The van der Waals surface area contributed by atoms with Crippen LogP contribution in [0.25, 0.3) is 11.3 Å². The van der Waals surface area contributed by atoms with Crippen LogP contribution in [-0.4, -0.2) is 20.7 Å². The molecular formula is C20H22N4O2S. The van der Waals surface area contributed by atoms with Gasteiger partial charge in [0, 0.05) is 23.6 Å². The first-order valence-electron chi connectivity index (χ1n) is 8.90. The Morgan fingerprint density at radius 1 is 1.22 bits per heavy atom. The van der Waals surface area contributed by atoms with Gasteiger partial charge in [-0.05, 0) is 31.9 Å². The molecule has 7 heteroatoms. The second-order valence-corrected chi connectivity index (χ2v) is 7.30. The normalized spacial score (nSPS) is 10.8. The van der Waals surface area contributed by atoms with Gasteiger partial charge < -0.3 is 0 Å². The van der Waals surface area contributed by atoms with E-state index in [2.05, 4.69) is 28.4 Å². The minimum atomic E-state index is -0.373. The molecule has 1 N–H and O–H groups in total. The van der Waals surface area contributed by atoms with Crippen molar-refractivity contribution in [1.82, 2.24) is 14.8 Å². The van der Waals surface area contributed by atoms with Gasteiger partial charge in [0.05, 0.1) is 5.69 Å². The zero-order valence-electron chi connectivity index (χ0n) is 15.7. The molecule has 0 radical (unpaired) electrons. The van der Waals surface area contributed by atoms with Gasteiger partial charge in [-0.2, -0.15) is 5.10 Å². The molecule has 0 aliphatic rings. The highest BCUT2D eigenvalue weighted by molar-refractivity contribution is 7.14. The highest BCUT2D eigenvalue weighted by Gasteiger charge is 2.13. The summed E-state index contributed by atoms with van der Waals surface area (Å²) in [5.41, 5.74) is 4.21. The average molecular weight is 382 g/mol. The Kier molecular flexibility index (Phi) is 5.81. The van der Waals surface area contributed by atoms with Crippen molar-refractivity contribution in [2.75, 3.05) is 5.32 Å². The van der Waals surface area contributed by atoms with Crippen molar-refractivity contribution in [3.8, 4) is 11.3 Å². The first-order valence-corrected chi connectivity index (χ1v) is 9.78. The first kappa shape index (κ1) is 19.0. The van der Waals surface area contributed by atoms with Crippen LogP contribution in [-0.2, 0) is 6.54 Å². The second-order valence-electron chi connectivity index (χ2n) is 6.44. The molecule has 140 valence electrons. The van der Waals surface area contributed by atoms with E-state index in [0.29, 0.717) is 11.7 Å². The molecule has 0 fully saturated rings. The fourth-order valence-corrected chi connectivity index (χ4v) is 3.46. The molecule has 6 nitrogen and oxygen atoms in total. The summed E-state index contributed by atoms with van der Waals surface area (Å²) in [5, 5.41) is 9.36. The van der Waals surface area contributed by atoms with E-state index in [4.69, 9.17) is 0 Å². The fourth-order valence-electron chi connectivity index (χ4n) is 2.76. The third-order valence-electron chi connectivity index (χ3n) is 4.21. The summed E-state index contributed by atoms with van der Waals surface area (Å²) in [5.74, 6) is -0.373. The average Bonchev–Trinajstić information content (AvgIpc) is 3.09. The van der Waals surface area contributed by atoms with E-state index >= 15 is 0 Å². The number of hydrogen-bond acceptors (Lipinski definition) is 5. The maximum absolute atomic E-state index is 12.5. The lowest BCUT2D eigenvalue weighted by molar-refractivity contribution is 0.101. The molecule has 0 atom stereocenters. The molecule has 0 saturated carbocycles. The number of nitrogens with one attached hydrogen (secondary N) is 1. The molecule has 3 aromatic rings. The standard InChI is InChI=1S/C20H22N4O2S/c1-4-5-10-24-18(25)9-8-16(23-24)19(26)22-20-21-17(12-27-20)15-7-6-13(2)11-14(15)3/h6-9,11-12H,4-5,10H2,1-3H3,(H,21,22,26). The van der Waals surface area contributed by atoms with Crippen molar-refractivity contribution in [1.29, 1.82) is 0 Å². The molecule has 0 aliphatic heterocycles. The summed E-state index contributed by atoms with van der Waals surface area (Å²) >= 11 is 1.36. The number of anilines is 1. The molecule has 0 aliphatic carbocycles. The van der Waals surface area contributed by atoms with Gasteiger partial charge in [0.25, 0.3) is 11.5 Å². The lowest BCUT2D eigenvalue weighted by atomic mass is 10.0. The second kappa shape index (κ2) is 8.26. The quantitative estimate of drug-likeness (QED) is 0.698. The molecule has 0 spiro atoms. The van der Waals surface area contributed by atoms with Gasteiger partial charge in [-0.3, -0.25) is 14.9 Å². The van der Waals surface area contributed by atoms with Gasteiger partial charge in [0.15, 0.2) is 5.13 Å². The number of nitrogens with zero attached hydrogens (tertiary/aromatic N) is 3. The molecule has 2 aromatic heterocycles. The molecule has 0 saturated heterocycles. The third kappa shape index (κ3) is 4.49. The largest absolute Gasteiger partial charge is 0.296 e. The zero-order chi connectivity index (χ0) is 19.4. The van der Waals surface area contributed by atoms with E-state index in [0.717, 1.165) is 29.7 Å². The van der Waals surface area contributed by atoms with E-state index in [1.54, 1.807) is 0 Å². The zero-order valence-corrected chi connectivity index (χ0v) is 16.5. The van der Waals surface area contributed by atoms with Gasteiger partial charge in [-0.25, -0.2) is 9.67 Å². The third-order valence-corrected chi connectivity index (χ3v) is 4.96. The number of carbonyl (C=O) groups is 1. The Morgan fingerprint density at radius 3 is 2.78 bits per heavy atom. The van der Waals surface area contributed by atoms with Gasteiger partial charge in [-0.15, -0.1) is 11.3 Å². The Bertz CT molecular complexity index is 1020. The number of rotatable bonds is 6. The fraction of sp³-hybridized carbons (Fsp3) is 0.300. The number of hydrogen-bond donors (Lipinski definition) is 1. The number of unbranched alkanes of at least 4 members (excludes halogenated alkanes) is 1. The van der Waals surface area contributed by atoms with Gasteiger partial charge >= 0.3 is 0 Å². The molecule has 27 heavy (non-hydrogen) atoms. The summed E-state index contributed by atoms with van der Waals surface area (Å²) in [6, 6.07) is 9.01. The van der Waals surface area contributed by atoms with E-state index in [1.807, 2.05) is 31.4 Å². The van der Waals surface area contributed by atoms with Crippen LogP contribution in [0.15, 0.2) is 40.5 Å². The summed E-state index contributed by atoms with van der Waals surface area (Å²) in [6.07, 6.45) is 1.79. The molecule has 1 aromatic carbocycles. The number of amides is 1. The molecule has 2 heterocycles. The number of carbonyl (C=O) groups excluding carboxylic acids is 1. The number of benzene rings is 1. The van der Waals surface area contributed by atoms with E-state index in [-0.39, 0.29) is 17.2 Å². The summed E-state index contributed by atoms with van der Waals surface area (Å²) < 4.78 is 1.33. The van der Waals surface area contributed by atoms with Crippen LogP contribution in [0.1, 0.15) is 41.4 Å². The highest BCUT2D eigenvalue weighted by atomic mass is 32.1. The maximum atomic E-state index is 12.5. The molecular weight excluding hydrogens is 360 g/mol. The maximum Gasteiger partial charge on any atom is 0.277 e. The van der Waals surface area contributed by atoms with Crippen molar-refractivity contribution < 1.29 is 4.79 Å². The van der Waals surface area contributed by atoms with Crippen LogP contribution >= 0.6 is 11.3 Å². The van der Waals surface area contributed by atoms with Gasteiger partial charge in [-0.1, -0.05) is 37.1 Å². The summed E-state index contributed by atoms with van der Waals surface area (Å²) in [7, 11) is 0. The van der Waals surface area contributed by atoms with Crippen molar-refractivity contribution in [3.05, 3.63) is 62.9 Å². The van der Waals surface area contributed by atoms with Gasteiger partial charge in [0.2, 0.25) is 0 Å². The first-order chi connectivity index (χ1) is 13.0. The van der Waals surface area contributed by atoms with Crippen molar-refractivity contribution >= 4 is 22.4 Å². The SMILES string of the molecule is CCCCn1nc(C(=O)Nc2nc(-c3ccc(C)cc3C)cs2)ccc1=O. The van der Waals surface area contributed by atoms with Crippen molar-refractivity contribution in [2.45, 2.75) is 40.2 Å². The lowest BCUT2D eigenvalue weighted by Crippen LogP contribution is -2.26. The van der Waals surface area contributed by atoms with Crippen molar-refractivity contribution in [3.63, 3.8) is 0 Å². The predicted octanol–water partition coefficient (Wildman–Crippen LogP) is 4.04. The monoisotopic (exact) mass is 382 g/mol. The molecule has 3 rings (SSSR count). The van der Waals surface area contributed by atoms with E-state index in [9.17, 15) is 9.59 Å². The van der Waals surface area contributed by atoms with Crippen LogP contribution in [0, 0.1) is 13.8 Å². The highest BCUT2D eigenvalue weighted by Crippen LogP contribution is 2.28. The summed E-state index contributed by atoms with van der Waals surface area (Å²) in [6.45, 7) is 6.64.